The topological polar surface area (TPSA) is 21.1 Å². The Morgan fingerprint density at radius 2 is 1.45 bits per heavy atom. The molecule has 3 aromatic carbocycles. The van der Waals surface area contributed by atoms with Crippen LogP contribution in [0.3, 0.4) is 0 Å². The fourth-order valence-corrected chi connectivity index (χ4v) is 3.98. The monoisotopic (exact) mass is 383 g/mol. The van der Waals surface area contributed by atoms with E-state index in [1.807, 2.05) is 0 Å². The van der Waals surface area contributed by atoms with Crippen LogP contribution in [0.5, 0.6) is 0 Å². The minimum Gasteiger partial charge on any atom is -0.324 e. The number of fused-ring (bicyclic) bond motifs is 1. The third-order valence-electron chi connectivity index (χ3n) is 5.63. The van der Waals surface area contributed by atoms with Crippen molar-refractivity contribution in [2.75, 3.05) is 19.6 Å². The van der Waals surface area contributed by atoms with Crippen molar-refractivity contribution in [2.45, 2.75) is 26.8 Å². The van der Waals surface area contributed by atoms with Crippen LogP contribution in [0.2, 0.25) is 0 Å². The van der Waals surface area contributed by atoms with Gasteiger partial charge in [-0.3, -0.25) is 0 Å². The molecule has 0 aliphatic carbocycles. The van der Waals surface area contributed by atoms with E-state index in [4.69, 9.17) is 4.98 Å². The SMILES string of the molecule is CCN(CC)CCCn1c(-c2cccc(-c3ccccc3)c2)nc2ccccc21. The standard InChI is InChI=1S/C26H29N3/c1-3-28(4-2)18-11-19-29-25-17-9-8-16-24(25)27-26(29)23-15-10-14-22(20-23)21-12-6-5-7-13-21/h5-10,12-17,20H,3-4,11,18-19H2,1-2H3. The molecular formula is C26H29N3. The molecule has 0 N–H and O–H groups in total. The van der Waals surface area contributed by atoms with Crippen molar-refractivity contribution < 1.29 is 0 Å². The fourth-order valence-electron chi connectivity index (χ4n) is 3.98. The smallest absolute Gasteiger partial charge is 0.141 e. The second-order valence-corrected chi connectivity index (χ2v) is 7.40. The molecular weight excluding hydrogens is 354 g/mol. The number of hydrogen-bond donors (Lipinski definition) is 0. The predicted molar refractivity (Wildman–Crippen MR) is 123 cm³/mol. The van der Waals surface area contributed by atoms with Crippen molar-refractivity contribution in [3.05, 3.63) is 78.9 Å². The highest BCUT2D eigenvalue weighted by Gasteiger charge is 2.13. The van der Waals surface area contributed by atoms with E-state index in [2.05, 4.69) is 102 Å². The summed E-state index contributed by atoms with van der Waals surface area (Å²) < 4.78 is 2.39. The minimum absolute atomic E-state index is 0.974. The molecule has 1 heterocycles. The number of benzene rings is 3. The van der Waals surface area contributed by atoms with Gasteiger partial charge in [0.05, 0.1) is 11.0 Å². The summed E-state index contributed by atoms with van der Waals surface area (Å²) in [5.41, 5.74) is 5.91. The van der Waals surface area contributed by atoms with Crippen molar-refractivity contribution >= 4 is 11.0 Å². The molecule has 0 fully saturated rings. The van der Waals surface area contributed by atoms with E-state index in [-0.39, 0.29) is 0 Å². The van der Waals surface area contributed by atoms with Crippen LogP contribution in [0.1, 0.15) is 20.3 Å². The second-order valence-electron chi connectivity index (χ2n) is 7.40. The zero-order chi connectivity index (χ0) is 20.1. The van der Waals surface area contributed by atoms with Gasteiger partial charge in [-0.1, -0.05) is 74.5 Å². The zero-order valence-corrected chi connectivity index (χ0v) is 17.4. The summed E-state index contributed by atoms with van der Waals surface area (Å²) >= 11 is 0. The molecule has 0 saturated carbocycles. The minimum atomic E-state index is 0.974. The van der Waals surface area contributed by atoms with Crippen LogP contribution in [0.4, 0.5) is 0 Å². The molecule has 3 heteroatoms. The molecule has 0 radical (unpaired) electrons. The third kappa shape index (κ3) is 4.25. The van der Waals surface area contributed by atoms with Gasteiger partial charge in [0, 0.05) is 12.1 Å². The Hall–Kier alpha value is -2.91. The van der Waals surface area contributed by atoms with Crippen molar-refractivity contribution in [3.63, 3.8) is 0 Å². The number of nitrogens with zero attached hydrogens (tertiary/aromatic N) is 3. The maximum Gasteiger partial charge on any atom is 0.141 e. The van der Waals surface area contributed by atoms with Gasteiger partial charge in [-0.25, -0.2) is 4.98 Å². The maximum atomic E-state index is 5.01. The molecule has 0 spiro atoms. The van der Waals surface area contributed by atoms with E-state index in [1.54, 1.807) is 0 Å². The largest absolute Gasteiger partial charge is 0.324 e. The molecule has 1 aromatic heterocycles. The molecule has 0 aliphatic heterocycles. The molecule has 0 bridgehead atoms. The Kier molecular flexibility index (Phi) is 6.06. The van der Waals surface area contributed by atoms with Crippen LogP contribution < -0.4 is 0 Å². The Morgan fingerprint density at radius 3 is 2.24 bits per heavy atom. The lowest BCUT2D eigenvalue weighted by Crippen LogP contribution is -2.24. The summed E-state index contributed by atoms with van der Waals surface area (Å²) in [6, 6.07) is 27.8. The summed E-state index contributed by atoms with van der Waals surface area (Å²) in [5.74, 6) is 1.06. The molecule has 3 nitrogen and oxygen atoms in total. The Morgan fingerprint density at radius 1 is 0.759 bits per heavy atom. The molecule has 0 amide bonds. The van der Waals surface area contributed by atoms with Crippen LogP contribution >= 0.6 is 0 Å². The van der Waals surface area contributed by atoms with Gasteiger partial charge in [-0.15, -0.1) is 0 Å². The number of aromatic nitrogens is 2. The van der Waals surface area contributed by atoms with Crippen LogP contribution in [-0.4, -0.2) is 34.1 Å². The van der Waals surface area contributed by atoms with Crippen molar-refractivity contribution in [1.29, 1.82) is 0 Å². The van der Waals surface area contributed by atoms with Crippen LogP contribution in [-0.2, 0) is 6.54 Å². The molecule has 29 heavy (non-hydrogen) atoms. The number of imidazole rings is 1. The number of rotatable bonds is 8. The van der Waals surface area contributed by atoms with Crippen LogP contribution in [0.15, 0.2) is 78.9 Å². The van der Waals surface area contributed by atoms with Gasteiger partial charge in [-0.2, -0.15) is 0 Å². The molecule has 148 valence electrons. The first-order valence-electron chi connectivity index (χ1n) is 10.6. The highest BCUT2D eigenvalue weighted by molar-refractivity contribution is 5.81. The van der Waals surface area contributed by atoms with E-state index in [9.17, 15) is 0 Å². The number of para-hydroxylation sites is 2. The van der Waals surface area contributed by atoms with E-state index >= 15 is 0 Å². The van der Waals surface area contributed by atoms with E-state index in [0.29, 0.717) is 0 Å². The summed E-state index contributed by atoms with van der Waals surface area (Å²) in [6.45, 7) is 8.76. The molecule has 4 rings (SSSR count). The lowest BCUT2D eigenvalue weighted by atomic mass is 10.0. The number of hydrogen-bond acceptors (Lipinski definition) is 2. The molecule has 0 atom stereocenters. The summed E-state index contributed by atoms with van der Waals surface area (Å²) in [5, 5.41) is 0. The lowest BCUT2D eigenvalue weighted by molar-refractivity contribution is 0.294. The van der Waals surface area contributed by atoms with E-state index < -0.39 is 0 Å². The van der Waals surface area contributed by atoms with Crippen molar-refractivity contribution in [2.24, 2.45) is 0 Å². The van der Waals surface area contributed by atoms with Gasteiger partial charge < -0.3 is 9.47 Å². The van der Waals surface area contributed by atoms with Gasteiger partial charge >= 0.3 is 0 Å². The van der Waals surface area contributed by atoms with Crippen LogP contribution in [0, 0.1) is 0 Å². The van der Waals surface area contributed by atoms with Crippen LogP contribution in [0.25, 0.3) is 33.5 Å². The molecule has 0 unspecified atom stereocenters. The fraction of sp³-hybridized carbons (Fsp3) is 0.269. The Balaban J connectivity index is 1.70. The lowest BCUT2D eigenvalue weighted by Gasteiger charge is -2.18. The van der Waals surface area contributed by atoms with Gasteiger partial charge in [-0.05, 0) is 55.4 Å². The molecule has 0 aliphatic rings. The quantitative estimate of drug-likeness (QED) is 0.366. The highest BCUT2D eigenvalue weighted by Crippen LogP contribution is 2.29. The van der Waals surface area contributed by atoms with E-state index in [0.717, 1.165) is 43.9 Å². The highest BCUT2D eigenvalue weighted by atomic mass is 15.1. The normalized spacial score (nSPS) is 11.4. The van der Waals surface area contributed by atoms with E-state index in [1.165, 1.54) is 22.2 Å². The van der Waals surface area contributed by atoms with Gasteiger partial charge in [0.15, 0.2) is 0 Å². The maximum absolute atomic E-state index is 5.01. The third-order valence-corrected chi connectivity index (χ3v) is 5.63. The molecule has 0 saturated heterocycles. The second kappa shape index (κ2) is 9.06. The molecule has 4 aromatic rings. The average Bonchev–Trinajstić information content (AvgIpc) is 3.16. The first kappa shape index (κ1) is 19.4. The van der Waals surface area contributed by atoms with Gasteiger partial charge in [0.1, 0.15) is 5.82 Å². The zero-order valence-electron chi connectivity index (χ0n) is 17.4. The van der Waals surface area contributed by atoms with Crippen molar-refractivity contribution in [1.82, 2.24) is 14.5 Å². The van der Waals surface area contributed by atoms with Gasteiger partial charge in [0.25, 0.3) is 0 Å². The Bertz CT molecular complexity index is 1060. The average molecular weight is 384 g/mol. The summed E-state index contributed by atoms with van der Waals surface area (Å²) in [4.78, 5) is 7.49. The number of aryl methyl sites for hydroxylation is 1. The first-order valence-corrected chi connectivity index (χ1v) is 10.6. The predicted octanol–water partition coefficient (Wildman–Crippen LogP) is 6.10. The van der Waals surface area contributed by atoms with Gasteiger partial charge in [0.2, 0.25) is 0 Å². The first-order chi connectivity index (χ1) is 14.3. The summed E-state index contributed by atoms with van der Waals surface area (Å²) in [7, 11) is 0. The van der Waals surface area contributed by atoms with Crippen molar-refractivity contribution in [3.8, 4) is 22.5 Å². The summed E-state index contributed by atoms with van der Waals surface area (Å²) in [6.07, 6.45) is 1.12. The Labute approximate surface area is 173 Å².